The van der Waals surface area contributed by atoms with Gasteiger partial charge in [-0.15, -0.1) is 0 Å². The number of benzene rings is 3. The summed E-state index contributed by atoms with van der Waals surface area (Å²) in [5.74, 6) is -0.396. The fourth-order valence-corrected chi connectivity index (χ4v) is 5.32. The van der Waals surface area contributed by atoms with Gasteiger partial charge < -0.3 is 0 Å². The minimum Gasteiger partial charge on any atom is -0.259 e. The topological polar surface area (TPSA) is 63.2 Å². The van der Waals surface area contributed by atoms with E-state index in [1.165, 1.54) is 34.9 Å². The van der Waals surface area contributed by atoms with E-state index in [2.05, 4.69) is 9.97 Å². The van der Waals surface area contributed by atoms with Crippen LogP contribution in [0.25, 0.3) is 11.0 Å². The molecule has 8 heteroatoms. The van der Waals surface area contributed by atoms with Crippen molar-refractivity contribution in [2.24, 2.45) is 0 Å². The zero-order chi connectivity index (χ0) is 21.3. The molecule has 0 aliphatic carbocycles. The van der Waals surface area contributed by atoms with Crippen molar-refractivity contribution in [3.05, 3.63) is 95.5 Å². The van der Waals surface area contributed by atoms with Crippen LogP contribution in [0, 0.1) is 5.82 Å². The molecule has 0 unspecified atom stereocenters. The van der Waals surface area contributed by atoms with Gasteiger partial charge >= 0.3 is 0 Å². The van der Waals surface area contributed by atoms with Gasteiger partial charge in [0.1, 0.15) is 16.2 Å². The molecule has 5 nitrogen and oxygen atoms in total. The Morgan fingerprint density at radius 2 is 1.67 bits per heavy atom. The fraction of sp³-hybridized carbons (Fsp3) is 0.0909. The van der Waals surface area contributed by atoms with Crippen molar-refractivity contribution in [3.8, 4) is 0 Å². The standard InChI is InChI=1S/C22H17ClFN3O2S/c1-15(16-8-10-18(24)11-9-16)27(19-5-2-4-17(23)14-19)30(28,29)21-7-3-6-20-22(21)26-13-12-25-20/h2-15H,1H3/t15-/m1/s1. The number of halogens is 2. The summed E-state index contributed by atoms with van der Waals surface area (Å²) in [7, 11) is -4.08. The van der Waals surface area contributed by atoms with E-state index in [9.17, 15) is 12.8 Å². The van der Waals surface area contributed by atoms with Crippen molar-refractivity contribution in [1.82, 2.24) is 9.97 Å². The molecule has 1 heterocycles. The van der Waals surface area contributed by atoms with E-state index < -0.39 is 21.9 Å². The molecule has 0 amide bonds. The number of nitrogens with zero attached hydrogens (tertiary/aromatic N) is 3. The molecule has 0 saturated carbocycles. The molecule has 1 aromatic heterocycles. The summed E-state index contributed by atoms with van der Waals surface area (Å²) in [6, 6.07) is 16.5. The van der Waals surface area contributed by atoms with Crippen molar-refractivity contribution in [1.29, 1.82) is 0 Å². The number of sulfonamides is 1. The van der Waals surface area contributed by atoms with Crippen LogP contribution in [-0.2, 0) is 10.0 Å². The maximum atomic E-state index is 13.9. The van der Waals surface area contributed by atoms with Crippen molar-refractivity contribution >= 4 is 38.3 Å². The minimum atomic E-state index is -4.08. The van der Waals surface area contributed by atoms with Gasteiger partial charge in [0, 0.05) is 17.4 Å². The van der Waals surface area contributed by atoms with Gasteiger partial charge in [-0.1, -0.05) is 35.9 Å². The highest BCUT2D eigenvalue weighted by molar-refractivity contribution is 7.93. The molecule has 0 spiro atoms. The Kier molecular flexibility index (Phi) is 5.40. The molecule has 0 N–H and O–H groups in total. The van der Waals surface area contributed by atoms with Crippen molar-refractivity contribution < 1.29 is 12.8 Å². The Bertz CT molecular complexity index is 1310. The average molecular weight is 442 g/mol. The second-order valence-electron chi connectivity index (χ2n) is 6.69. The lowest BCUT2D eigenvalue weighted by molar-refractivity contribution is 0.583. The molecule has 0 fully saturated rings. The quantitative estimate of drug-likeness (QED) is 0.417. The van der Waals surface area contributed by atoms with Crippen LogP contribution in [0.1, 0.15) is 18.5 Å². The molecule has 4 rings (SSSR count). The van der Waals surface area contributed by atoms with E-state index in [4.69, 9.17) is 11.6 Å². The molecule has 4 aromatic rings. The van der Waals surface area contributed by atoms with Gasteiger partial charge in [-0.25, -0.2) is 12.8 Å². The van der Waals surface area contributed by atoms with Crippen LogP contribution in [0.4, 0.5) is 10.1 Å². The third kappa shape index (κ3) is 3.74. The normalized spacial score (nSPS) is 12.6. The lowest BCUT2D eigenvalue weighted by Gasteiger charge is -2.31. The van der Waals surface area contributed by atoms with Gasteiger partial charge in [0.05, 0.1) is 17.2 Å². The third-order valence-electron chi connectivity index (χ3n) is 4.77. The minimum absolute atomic E-state index is 0.0297. The highest BCUT2D eigenvalue weighted by Gasteiger charge is 2.32. The van der Waals surface area contributed by atoms with Crippen LogP contribution in [-0.4, -0.2) is 18.4 Å². The summed E-state index contributed by atoms with van der Waals surface area (Å²) in [5.41, 5.74) is 1.77. The Morgan fingerprint density at radius 1 is 0.967 bits per heavy atom. The molecular formula is C22H17ClFN3O2S. The third-order valence-corrected chi connectivity index (χ3v) is 6.93. The van der Waals surface area contributed by atoms with Gasteiger partial charge in [0.25, 0.3) is 10.0 Å². The Labute approximate surface area is 178 Å². The summed E-state index contributed by atoms with van der Waals surface area (Å²) in [4.78, 5) is 8.48. The van der Waals surface area contributed by atoms with Crippen LogP contribution in [0.15, 0.2) is 84.0 Å². The molecule has 0 aliphatic rings. The summed E-state index contributed by atoms with van der Waals surface area (Å²) in [5, 5.41) is 0.400. The predicted molar refractivity (Wildman–Crippen MR) is 115 cm³/mol. The number of hydrogen-bond donors (Lipinski definition) is 0. The van der Waals surface area contributed by atoms with Crippen LogP contribution in [0.5, 0.6) is 0 Å². The zero-order valence-electron chi connectivity index (χ0n) is 15.9. The SMILES string of the molecule is C[C@H](c1ccc(F)cc1)N(c1cccc(Cl)c1)S(=O)(=O)c1cccc2nccnc12. The van der Waals surface area contributed by atoms with Crippen molar-refractivity contribution in [2.75, 3.05) is 4.31 Å². The Morgan fingerprint density at radius 3 is 2.40 bits per heavy atom. The van der Waals surface area contributed by atoms with Crippen molar-refractivity contribution in [3.63, 3.8) is 0 Å². The van der Waals surface area contributed by atoms with Gasteiger partial charge in [-0.3, -0.25) is 14.3 Å². The molecular weight excluding hydrogens is 425 g/mol. The lowest BCUT2D eigenvalue weighted by atomic mass is 10.1. The molecule has 0 aliphatic heterocycles. The molecule has 0 saturated heterocycles. The van der Waals surface area contributed by atoms with Crippen LogP contribution < -0.4 is 4.31 Å². The highest BCUT2D eigenvalue weighted by Crippen LogP contribution is 2.36. The van der Waals surface area contributed by atoms with Crippen LogP contribution >= 0.6 is 11.6 Å². The molecule has 152 valence electrons. The maximum absolute atomic E-state index is 13.9. The number of anilines is 1. The highest BCUT2D eigenvalue weighted by atomic mass is 35.5. The molecule has 30 heavy (non-hydrogen) atoms. The molecule has 0 radical (unpaired) electrons. The fourth-order valence-electron chi connectivity index (χ4n) is 3.34. The number of fused-ring (bicyclic) bond motifs is 1. The summed E-state index contributed by atoms with van der Waals surface area (Å²) in [6.07, 6.45) is 2.96. The van der Waals surface area contributed by atoms with Crippen LogP contribution in [0.2, 0.25) is 5.02 Å². The predicted octanol–water partition coefficient (Wildman–Crippen LogP) is 5.38. The van der Waals surface area contributed by atoms with Crippen LogP contribution in [0.3, 0.4) is 0 Å². The first-order valence-electron chi connectivity index (χ1n) is 9.13. The average Bonchev–Trinajstić information content (AvgIpc) is 2.74. The second kappa shape index (κ2) is 8.01. The summed E-state index contributed by atoms with van der Waals surface area (Å²) < 4.78 is 42.5. The Hall–Kier alpha value is -3.03. The first kappa shape index (κ1) is 20.3. The second-order valence-corrected chi connectivity index (χ2v) is 8.91. The molecule has 3 aromatic carbocycles. The zero-order valence-corrected chi connectivity index (χ0v) is 17.5. The Balaban J connectivity index is 1.93. The smallest absolute Gasteiger partial charge is 0.259 e. The van der Waals surface area contributed by atoms with E-state index in [1.54, 1.807) is 55.5 Å². The van der Waals surface area contributed by atoms with E-state index in [0.717, 1.165) is 0 Å². The lowest BCUT2D eigenvalue weighted by Crippen LogP contribution is -2.34. The molecule has 1 atom stereocenters. The first-order valence-corrected chi connectivity index (χ1v) is 10.9. The summed E-state index contributed by atoms with van der Waals surface area (Å²) in [6.45, 7) is 1.74. The van der Waals surface area contributed by atoms with Gasteiger partial charge in [0.15, 0.2) is 0 Å². The van der Waals surface area contributed by atoms with E-state index >= 15 is 0 Å². The largest absolute Gasteiger partial charge is 0.267 e. The van der Waals surface area contributed by atoms with Crippen molar-refractivity contribution in [2.45, 2.75) is 17.9 Å². The first-order chi connectivity index (χ1) is 14.4. The number of aromatic nitrogens is 2. The van der Waals surface area contributed by atoms with Gasteiger partial charge in [0.2, 0.25) is 0 Å². The van der Waals surface area contributed by atoms with E-state index in [0.29, 0.717) is 21.8 Å². The number of hydrogen-bond acceptors (Lipinski definition) is 4. The number of para-hydroxylation sites is 1. The maximum Gasteiger partial charge on any atom is 0.267 e. The van der Waals surface area contributed by atoms with Gasteiger partial charge in [-0.2, -0.15) is 0 Å². The molecule has 0 bridgehead atoms. The van der Waals surface area contributed by atoms with E-state index in [1.807, 2.05) is 0 Å². The summed E-state index contributed by atoms with van der Waals surface area (Å²) >= 11 is 6.16. The number of rotatable bonds is 5. The van der Waals surface area contributed by atoms with Gasteiger partial charge in [-0.05, 0) is 55.0 Å². The monoisotopic (exact) mass is 441 g/mol. The van der Waals surface area contributed by atoms with E-state index in [-0.39, 0.29) is 10.4 Å².